The fraction of sp³-hybridized carbons (Fsp3) is 0.357. The number of nitrogens with one attached hydrogen (secondary N) is 1. The van der Waals surface area contributed by atoms with Gasteiger partial charge in [0.05, 0.1) is 16.9 Å². The molecule has 9 nitrogen and oxygen atoms in total. The number of halogens is 2. The van der Waals surface area contributed by atoms with E-state index < -0.39 is 34.3 Å². The zero-order valence-corrected chi connectivity index (χ0v) is 22.5. The molecular formula is C28H31F2N7O2. The summed E-state index contributed by atoms with van der Waals surface area (Å²) in [5.41, 5.74) is 7.05. The molecule has 1 amide bonds. The number of nitrogens with zero attached hydrogens (tertiary/aromatic N) is 5. The fourth-order valence-electron chi connectivity index (χ4n) is 5.08. The van der Waals surface area contributed by atoms with Crippen LogP contribution < -0.4 is 21.5 Å². The summed E-state index contributed by atoms with van der Waals surface area (Å²) >= 11 is 0. The third kappa shape index (κ3) is 4.78. The molecule has 39 heavy (non-hydrogen) atoms. The number of aromatic nitrogens is 4. The fourth-order valence-corrected chi connectivity index (χ4v) is 5.08. The van der Waals surface area contributed by atoms with Crippen molar-refractivity contribution in [2.45, 2.75) is 45.1 Å². The Kier molecular flexibility index (Phi) is 6.29. The van der Waals surface area contributed by atoms with E-state index in [0.29, 0.717) is 23.5 Å². The Morgan fingerprint density at radius 2 is 1.77 bits per heavy atom. The van der Waals surface area contributed by atoms with Gasteiger partial charge >= 0.3 is 0 Å². The summed E-state index contributed by atoms with van der Waals surface area (Å²) < 4.78 is 31.4. The van der Waals surface area contributed by atoms with E-state index in [1.165, 1.54) is 12.1 Å². The van der Waals surface area contributed by atoms with E-state index in [1.807, 2.05) is 24.6 Å². The summed E-state index contributed by atoms with van der Waals surface area (Å²) in [4.78, 5) is 32.9. The minimum absolute atomic E-state index is 0.190. The summed E-state index contributed by atoms with van der Waals surface area (Å²) in [7, 11) is 1.96. The van der Waals surface area contributed by atoms with Crippen LogP contribution in [0.4, 0.5) is 20.2 Å². The predicted molar refractivity (Wildman–Crippen MR) is 147 cm³/mol. The van der Waals surface area contributed by atoms with Gasteiger partial charge in [-0.05, 0) is 43.7 Å². The number of fused-ring (bicyclic) bond motifs is 1. The third-order valence-corrected chi connectivity index (χ3v) is 6.95. The number of para-hydroxylation sites is 1. The van der Waals surface area contributed by atoms with Gasteiger partial charge in [0.1, 0.15) is 22.7 Å². The molecule has 1 saturated heterocycles. The Hall–Kier alpha value is -4.12. The number of benzene rings is 2. The maximum absolute atomic E-state index is 14.4. The Balaban J connectivity index is 1.60. The summed E-state index contributed by atoms with van der Waals surface area (Å²) in [5.74, 6) is -1.71. The average Bonchev–Trinajstić information content (AvgIpc) is 3.38. The van der Waals surface area contributed by atoms with E-state index >= 15 is 0 Å². The summed E-state index contributed by atoms with van der Waals surface area (Å²) in [6.45, 7) is 9.48. The third-order valence-electron chi connectivity index (χ3n) is 6.95. The molecule has 0 spiro atoms. The van der Waals surface area contributed by atoms with Gasteiger partial charge in [-0.15, -0.1) is 0 Å². The van der Waals surface area contributed by atoms with E-state index in [-0.39, 0.29) is 11.1 Å². The number of nitrogens with two attached hydrogens (primary N) is 1. The molecule has 5 rings (SSSR count). The molecule has 0 bridgehead atoms. The van der Waals surface area contributed by atoms with Crippen molar-refractivity contribution < 1.29 is 13.6 Å². The van der Waals surface area contributed by atoms with Crippen LogP contribution in [-0.4, -0.2) is 43.9 Å². The lowest BCUT2D eigenvalue weighted by atomic mass is 9.96. The molecule has 0 aliphatic carbocycles. The predicted octanol–water partition coefficient (Wildman–Crippen LogP) is 3.87. The van der Waals surface area contributed by atoms with Gasteiger partial charge in [0.25, 0.3) is 11.5 Å². The van der Waals surface area contributed by atoms with Crippen LogP contribution in [0.5, 0.6) is 0 Å². The average molecular weight is 536 g/mol. The maximum atomic E-state index is 14.4. The van der Waals surface area contributed by atoms with Crippen LogP contribution in [0, 0.1) is 11.6 Å². The first-order valence-electron chi connectivity index (χ1n) is 12.7. The quantitative estimate of drug-likeness (QED) is 0.411. The Morgan fingerprint density at radius 3 is 2.38 bits per heavy atom. The molecule has 1 aliphatic rings. The van der Waals surface area contributed by atoms with Crippen LogP contribution in [0.15, 0.2) is 47.3 Å². The molecule has 0 saturated carbocycles. The standard InChI is InChI=1S/C28H31F2N7O2/c1-27(2,3)26-33-22-20(35(26)5)11-9-18(24(22)36-14-13-28(4,31)15-36)32-25(39)19-10-12-21(38)37(34-19)23-16(29)7-6-8-17(23)30/h6-12H,13-15,31H2,1-5H3,(H,32,39)/t28-/m1/s1. The van der Waals surface area contributed by atoms with Crippen molar-refractivity contribution in [3.05, 3.63) is 76.0 Å². The summed E-state index contributed by atoms with van der Waals surface area (Å²) in [6.07, 6.45) is 0.760. The lowest BCUT2D eigenvalue weighted by molar-refractivity contribution is 0.102. The monoisotopic (exact) mass is 535 g/mol. The highest BCUT2D eigenvalue weighted by molar-refractivity contribution is 6.08. The van der Waals surface area contributed by atoms with E-state index in [0.717, 1.165) is 47.2 Å². The van der Waals surface area contributed by atoms with Gasteiger partial charge in [0.15, 0.2) is 11.6 Å². The van der Waals surface area contributed by atoms with Gasteiger partial charge in [-0.3, -0.25) is 9.59 Å². The minimum atomic E-state index is -0.974. The van der Waals surface area contributed by atoms with Crippen molar-refractivity contribution in [2.75, 3.05) is 23.3 Å². The minimum Gasteiger partial charge on any atom is -0.366 e. The lowest BCUT2D eigenvalue weighted by Crippen LogP contribution is -2.39. The number of hydrogen-bond donors (Lipinski definition) is 2. The van der Waals surface area contributed by atoms with Gasteiger partial charge in [-0.2, -0.15) is 9.78 Å². The van der Waals surface area contributed by atoms with E-state index in [1.54, 1.807) is 6.07 Å². The molecule has 11 heteroatoms. The van der Waals surface area contributed by atoms with Crippen LogP contribution in [0.3, 0.4) is 0 Å². The summed E-state index contributed by atoms with van der Waals surface area (Å²) in [5, 5.41) is 6.86. The molecule has 1 aliphatic heterocycles. The van der Waals surface area contributed by atoms with Crippen molar-refractivity contribution in [3.8, 4) is 5.69 Å². The van der Waals surface area contributed by atoms with Crippen molar-refractivity contribution in [2.24, 2.45) is 12.8 Å². The molecule has 1 fully saturated rings. The van der Waals surface area contributed by atoms with Gasteiger partial charge in [0.2, 0.25) is 0 Å². The number of amides is 1. The van der Waals surface area contributed by atoms with Gasteiger partial charge in [0, 0.05) is 37.2 Å². The van der Waals surface area contributed by atoms with Crippen LogP contribution in [-0.2, 0) is 12.5 Å². The number of anilines is 2. The topological polar surface area (TPSA) is 111 Å². The molecule has 0 radical (unpaired) electrons. The molecule has 2 aromatic heterocycles. The first kappa shape index (κ1) is 26.5. The molecule has 1 atom stereocenters. The maximum Gasteiger partial charge on any atom is 0.276 e. The normalized spacial score (nSPS) is 17.7. The molecule has 2 aromatic carbocycles. The SMILES string of the molecule is Cn1c(C(C)(C)C)nc2c(N3CC[C@@](C)(N)C3)c(NC(=O)c3ccc(=O)n(-c4c(F)cccc4F)n3)ccc21. The van der Waals surface area contributed by atoms with Gasteiger partial charge < -0.3 is 20.5 Å². The Labute approximate surface area is 224 Å². The van der Waals surface area contributed by atoms with Crippen LogP contribution >= 0.6 is 0 Å². The largest absolute Gasteiger partial charge is 0.366 e. The second-order valence-corrected chi connectivity index (χ2v) is 11.4. The molecule has 0 unspecified atom stereocenters. The van der Waals surface area contributed by atoms with E-state index in [9.17, 15) is 18.4 Å². The molecule has 3 heterocycles. The van der Waals surface area contributed by atoms with E-state index in [4.69, 9.17) is 10.7 Å². The zero-order chi connectivity index (χ0) is 28.3. The number of imidazole rings is 1. The van der Waals surface area contributed by atoms with Crippen molar-refractivity contribution in [1.82, 2.24) is 19.3 Å². The van der Waals surface area contributed by atoms with Crippen molar-refractivity contribution in [3.63, 3.8) is 0 Å². The Bertz CT molecular complexity index is 1650. The molecule has 204 valence electrons. The highest BCUT2D eigenvalue weighted by Gasteiger charge is 2.34. The van der Waals surface area contributed by atoms with Crippen LogP contribution in [0.1, 0.15) is 50.4 Å². The van der Waals surface area contributed by atoms with Crippen LogP contribution in [0.25, 0.3) is 16.7 Å². The highest BCUT2D eigenvalue weighted by atomic mass is 19.1. The molecule has 4 aromatic rings. The first-order valence-corrected chi connectivity index (χ1v) is 12.7. The van der Waals surface area contributed by atoms with Crippen LogP contribution in [0.2, 0.25) is 0 Å². The van der Waals surface area contributed by atoms with Crippen molar-refractivity contribution in [1.29, 1.82) is 0 Å². The molecular weight excluding hydrogens is 504 g/mol. The number of carbonyl (C=O) groups is 1. The van der Waals surface area contributed by atoms with Gasteiger partial charge in [-0.25, -0.2) is 13.8 Å². The summed E-state index contributed by atoms with van der Waals surface area (Å²) in [6, 6.07) is 9.16. The number of rotatable bonds is 4. The molecule has 3 N–H and O–H groups in total. The zero-order valence-electron chi connectivity index (χ0n) is 22.5. The van der Waals surface area contributed by atoms with Crippen molar-refractivity contribution >= 4 is 28.3 Å². The second kappa shape index (κ2) is 9.26. The smallest absolute Gasteiger partial charge is 0.276 e. The number of hydrogen-bond acceptors (Lipinski definition) is 6. The Morgan fingerprint density at radius 1 is 1.08 bits per heavy atom. The lowest BCUT2D eigenvalue weighted by Gasteiger charge is -2.24. The van der Waals surface area contributed by atoms with Gasteiger partial charge in [-0.1, -0.05) is 26.8 Å². The number of aryl methyl sites for hydroxylation is 1. The highest BCUT2D eigenvalue weighted by Crippen LogP contribution is 2.39. The first-order chi connectivity index (χ1) is 18.3. The number of carbonyl (C=O) groups excluding carboxylic acids is 1. The second-order valence-electron chi connectivity index (χ2n) is 11.4. The van der Waals surface area contributed by atoms with E-state index in [2.05, 4.69) is 36.1 Å².